The Balaban J connectivity index is 1.61. The Kier molecular flexibility index (Phi) is 6.34. The molecule has 7 heteroatoms. The molecule has 1 aliphatic rings. The first kappa shape index (κ1) is 17.2. The first-order chi connectivity index (χ1) is 11.1. The van der Waals surface area contributed by atoms with Crippen LogP contribution >= 0.6 is 11.8 Å². The number of nitrogens with one attached hydrogen (secondary N) is 1. The lowest BCUT2D eigenvalue weighted by Crippen LogP contribution is -2.37. The van der Waals surface area contributed by atoms with E-state index in [2.05, 4.69) is 5.32 Å². The number of hydrogen-bond donors (Lipinski definition) is 1. The van der Waals surface area contributed by atoms with Crippen LogP contribution in [0.5, 0.6) is 0 Å². The van der Waals surface area contributed by atoms with Gasteiger partial charge in [0.25, 0.3) is 5.24 Å². The summed E-state index contributed by atoms with van der Waals surface area (Å²) in [7, 11) is 0. The summed E-state index contributed by atoms with van der Waals surface area (Å²) in [5.74, 6) is -0.210. The summed E-state index contributed by atoms with van der Waals surface area (Å²) in [4.78, 5) is 47.4. The third kappa shape index (κ3) is 5.21. The molecular formula is C16H18N2O4S. The molecule has 0 atom stereocenters. The molecule has 0 aromatic heterocycles. The second-order valence-corrected chi connectivity index (χ2v) is 6.02. The summed E-state index contributed by atoms with van der Waals surface area (Å²) < 4.78 is 0. The number of hydrogen-bond acceptors (Lipinski definition) is 5. The van der Waals surface area contributed by atoms with Crippen LogP contribution in [0.2, 0.25) is 0 Å². The maximum Gasteiger partial charge on any atom is 0.288 e. The maximum atomic E-state index is 11.9. The smallest absolute Gasteiger partial charge is 0.288 e. The summed E-state index contributed by atoms with van der Waals surface area (Å²) in [6, 6.07) is 8.96. The number of carbonyl (C=O) groups excluding carboxylic acids is 4. The van der Waals surface area contributed by atoms with Gasteiger partial charge in [-0.1, -0.05) is 42.1 Å². The SMILES string of the molecule is O=C(CCCC(=O)c1ccccc1)NCCN1C(=O)CSC1=O. The van der Waals surface area contributed by atoms with Crippen LogP contribution in [0.3, 0.4) is 0 Å². The van der Waals surface area contributed by atoms with Crippen LogP contribution in [0.4, 0.5) is 4.79 Å². The quantitative estimate of drug-likeness (QED) is 0.734. The molecule has 1 heterocycles. The van der Waals surface area contributed by atoms with Crippen molar-refractivity contribution >= 4 is 34.6 Å². The van der Waals surface area contributed by atoms with Crippen LogP contribution in [0.25, 0.3) is 0 Å². The normalized spacial score (nSPS) is 14.2. The molecule has 1 fully saturated rings. The van der Waals surface area contributed by atoms with Gasteiger partial charge in [-0.2, -0.15) is 0 Å². The minimum Gasteiger partial charge on any atom is -0.354 e. The van der Waals surface area contributed by atoms with Crippen LogP contribution in [0, 0.1) is 0 Å². The van der Waals surface area contributed by atoms with Crippen molar-refractivity contribution in [2.45, 2.75) is 19.3 Å². The minimum atomic E-state index is -0.266. The third-order valence-electron chi connectivity index (χ3n) is 3.40. The molecule has 23 heavy (non-hydrogen) atoms. The molecule has 2 rings (SSSR count). The number of benzene rings is 1. The number of thioether (sulfide) groups is 1. The lowest BCUT2D eigenvalue weighted by atomic mass is 10.1. The number of imide groups is 1. The molecule has 1 N–H and O–H groups in total. The molecule has 1 saturated heterocycles. The molecule has 0 unspecified atom stereocenters. The van der Waals surface area contributed by atoms with Gasteiger partial charge >= 0.3 is 0 Å². The lowest BCUT2D eigenvalue weighted by Gasteiger charge is -2.13. The Morgan fingerprint density at radius 3 is 2.52 bits per heavy atom. The van der Waals surface area contributed by atoms with Crippen LogP contribution in [-0.2, 0) is 9.59 Å². The summed E-state index contributed by atoms with van der Waals surface area (Å²) in [5, 5.41) is 2.39. The average molecular weight is 334 g/mol. The van der Waals surface area contributed by atoms with E-state index >= 15 is 0 Å². The zero-order valence-electron chi connectivity index (χ0n) is 12.6. The van der Waals surface area contributed by atoms with Gasteiger partial charge < -0.3 is 5.32 Å². The van der Waals surface area contributed by atoms with Crippen LogP contribution in [-0.4, -0.2) is 46.6 Å². The summed E-state index contributed by atoms with van der Waals surface area (Å²) in [6.07, 6.45) is 1.03. The molecule has 0 radical (unpaired) electrons. The monoisotopic (exact) mass is 334 g/mol. The zero-order valence-corrected chi connectivity index (χ0v) is 13.4. The molecule has 0 saturated carbocycles. The van der Waals surface area contributed by atoms with E-state index < -0.39 is 0 Å². The Morgan fingerprint density at radius 2 is 1.87 bits per heavy atom. The first-order valence-electron chi connectivity index (χ1n) is 7.40. The largest absolute Gasteiger partial charge is 0.354 e. The van der Waals surface area contributed by atoms with Crippen molar-refractivity contribution in [3.8, 4) is 0 Å². The van der Waals surface area contributed by atoms with Crippen molar-refractivity contribution in [3.05, 3.63) is 35.9 Å². The van der Waals surface area contributed by atoms with E-state index in [4.69, 9.17) is 0 Å². The van der Waals surface area contributed by atoms with Gasteiger partial charge in [0.2, 0.25) is 11.8 Å². The van der Waals surface area contributed by atoms with E-state index in [0.29, 0.717) is 18.4 Å². The summed E-state index contributed by atoms with van der Waals surface area (Å²) in [6.45, 7) is 0.433. The fraction of sp³-hybridized carbons (Fsp3) is 0.375. The molecule has 122 valence electrons. The standard InChI is InChI=1S/C16H18N2O4S/c19-13(12-5-2-1-3-6-12)7-4-8-14(20)17-9-10-18-15(21)11-23-16(18)22/h1-3,5-6H,4,7-11H2,(H,17,20). The Bertz CT molecular complexity index is 587. The number of rotatable bonds is 8. The van der Waals surface area contributed by atoms with Crippen molar-refractivity contribution in [3.63, 3.8) is 0 Å². The van der Waals surface area contributed by atoms with E-state index in [1.165, 1.54) is 0 Å². The highest BCUT2D eigenvalue weighted by molar-refractivity contribution is 8.14. The van der Waals surface area contributed by atoms with Crippen molar-refractivity contribution < 1.29 is 19.2 Å². The fourth-order valence-electron chi connectivity index (χ4n) is 2.17. The number of ketones is 1. The average Bonchev–Trinajstić information content (AvgIpc) is 2.87. The van der Waals surface area contributed by atoms with Gasteiger partial charge in [-0.05, 0) is 6.42 Å². The molecule has 1 aliphatic heterocycles. The van der Waals surface area contributed by atoms with E-state index in [1.54, 1.807) is 24.3 Å². The molecule has 6 nitrogen and oxygen atoms in total. The minimum absolute atomic E-state index is 0.0173. The van der Waals surface area contributed by atoms with Crippen LogP contribution in [0.15, 0.2) is 30.3 Å². The lowest BCUT2D eigenvalue weighted by molar-refractivity contribution is -0.125. The van der Waals surface area contributed by atoms with Crippen molar-refractivity contribution in [2.75, 3.05) is 18.8 Å². The van der Waals surface area contributed by atoms with Crippen molar-refractivity contribution in [2.24, 2.45) is 0 Å². The Labute approximate surface area is 138 Å². The van der Waals surface area contributed by atoms with Crippen LogP contribution < -0.4 is 5.32 Å². The number of nitrogens with zero attached hydrogens (tertiary/aromatic N) is 1. The molecule has 0 aliphatic carbocycles. The van der Waals surface area contributed by atoms with Crippen molar-refractivity contribution in [1.29, 1.82) is 0 Å². The third-order valence-corrected chi connectivity index (χ3v) is 4.26. The van der Waals surface area contributed by atoms with Gasteiger partial charge in [-0.3, -0.25) is 24.1 Å². The zero-order chi connectivity index (χ0) is 16.7. The predicted octanol–water partition coefficient (Wildman–Crippen LogP) is 1.85. The van der Waals surface area contributed by atoms with Crippen molar-refractivity contribution in [1.82, 2.24) is 10.2 Å². The van der Waals surface area contributed by atoms with Gasteiger partial charge in [0.1, 0.15) is 0 Å². The summed E-state index contributed by atoms with van der Waals surface area (Å²) in [5.41, 5.74) is 0.650. The highest BCUT2D eigenvalue weighted by Gasteiger charge is 2.29. The number of amides is 3. The fourth-order valence-corrected chi connectivity index (χ4v) is 2.92. The summed E-state index contributed by atoms with van der Waals surface area (Å²) >= 11 is 0.975. The van der Waals surface area contributed by atoms with Gasteiger partial charge in [-0.15, -0.1) is 0 Å². The van der Waals surface area contributed by atoms with E-state index in [1.807, 2.05) is 6.07 Å². The van der Waals surface area contributed by atoms with E-state index in [9.17, 15) is 19.2 Å². The Hall–Kier alpha value is -2.15. The maximum absolute atomic E-state index is 11.9. The van der Waals surface area contributed by atoms with Gasteiger partial charge in [-0.25, -0.2) is 0 Å². The van der Waals surface area contributed by atoms with E-state index in [0.717, 1.165) is 16.7 Å². The number of carbonyl (C=O) groups is 4. The second-order valence-electron chi connectivity index (χ2n) is 5.09. The van der Waals surface area contributed by atoms with Gasteiger partial charge in [0.05, 0.1) is 5.75 Å². The second kappa shape index (κ2) is 8.47. The van der Waals surface area contributed by atoms with Gasteiger partial charge in [0.15, 0.2) is 5.78 Å². The molecule has 0 spiro atoms. The predicted molar refractivity (Wildman–Crippen MR) is 87.2 cm³/mol. The number of Topliss-reactive ketones (excluding diaryl/α,β-unsaturated/α-hetero) is 1. The molecule has 3 amide bonds. The molecule has 0 bridgehead atoms. The molecule has 1 aromatic carbocycles. The van der Waals surface area contributed by atoms with E-state index in [-0.39, 0.29) is 48.1 Å². The topological polar surface area (TPSA) is 83.6 Å². The molecule has 1 aromatic rings. The highest BCUT2D eigenvalue weighted by atomic mass is 32.2. The Morgan fingerprint density at radius 1 is 1.13 bits per heavy atom. The van der Waals surface area contributed by atoms with Crippen LogP contribution in [0.1, 0.15) is 29.6 Å². The van der Waals surface area contributed by atoms with Gasteiger partial charge in [0, 0.05) is 31.5 Å². The molecular weight excluding hydrogens is 316 g/mol. The first-order valence-corrected chi connectivity index (χ1v) is 8.38. The highest BCUT2D eigenvalue weighted by Crippen LogP contribution is 2.17.